The fourth-order valence-corrected chi connectivity index (χ4v) is 2.90. The summed E-state index contributed by atoms with van der Waals surface area (Å²) in [4.78, 5) is 0.188. The molecule has 0 radical (unpaired) electrons. The second-order valence-corrected chi connectivity index (χ2v) is 5.77. The lowest BCUT2D eigenvalue weighted by molar-refractivity contribution is 1.17. The summed E-state index contributed by atoms with van der Waals surface area (Å²) in [6, 6.07) is 16.6. The number of halogens is 2. The normalized spacial score (nSPS) is 11.7. The van der Waals surface area contributed by atoms with E-state index in [1.54, 1.807) is 0 Å². The molecule has 0 N–H and O–H groups in total. The maximum Gasteiger partial charge on any atom is 0.0645 e. The first-order valence-electron chi connectivity index (χ1n) is 5.56. The molecule has 0 spiro atoms. The van der Waals surface area contributed by atoms with Crippen LogP contribution in [0.3, 0.4) is 0 Å². The van der Waals surface area contributed by atoms with Crippen molar-refractivity contribution >= 4 is 37.9 Å². The summed E-state index contributed by atoms with van der Waals surface area (Å²) in [5, 5.41) is 0. The van der Waals surface area contributed by atoms with Gasteiger partial charge in [0.15, 0.2) is 0 Å². The summed E-state index contributed by atoms with van der Waals surface area (Å²) in [5.74, 6) is 0. The zero-order chi connectivity index (χ0) is 13.0. The number of hydrogen-bond donors (Lipinski definition) is 0. The molecule has 0 amide bonds. The van der Waals surface area contributed by atoms with Crippen molar-refractivity contribution in [2.24, 2.45) is 0 Å². The standard InChI is InChI=1S/C16H12Br2/c1-2-6-12-9-14(11-15(17)10-12)16(18)13-7-4-3-5-8-13/h3-11,16H,1H2. The van der Waals surface area contributed by atoms with Gasteiger partial charge in [-0.1, -0.05) is 68.8 Å². The fraction of sp³-hybridized carbons (Fsp3) is 0.0625. The predicted molar refractivity (Wildman–Crippen MR) is 85.0 cm³/mol. The van der Waals surface area contributed by atoms with Crippen molar-refractivity contribution in [3.63, 3.8) is 0 Å². The smallest absolute Gasteiger partial charge is 0.0645 e. The van der Waals surface area contributed by atoms with Crippen LogP contribution in [0.1, 0.15) is 21.5 Å². The summed E-state index contributed by atoms with van der Waals surface area (Å²) in [5.41, 5.74) is 6.34. The first-order chi connectivity index (χ1) is 8.70. The molecule has 0 aliphatic carbocycles. The molecule has 0 heterocycles. The average molecular weight is 364 g/mol. The Balaban J connectivity index is 2.42. The van der Waals surface area contributed by atoms with Crippen molar-refractivity contribution in [2.75, 3.05) is 0 Å². The second kappa shape index (κ2) is 6.19. The van der Waals surface area contributed by atoms with Gasteiger partial charge < -0.3 is 0 Å². The Morgan fingerprint density at radius 3 is 2.44 bits per heavy atom. The Hall–Kier alpha value is -1.08. The highest BCUT2D eigenvalue weighted by Gasteiger charge is 2.10. The number of rotatable bonds is 3. The molecule has 0 nitrogen and oxygen atoms in total. The van der Waals surface area contributed by atoms with Crippen molar-refractivity contribution in [3.8, 4) is 0 Å². The first kappa shape index (κ1) is 13.4. The summed E-state index contributed by atoms with van der Waals surface area (Å²) < 4.78 is 1.06. The third kappa shape index (κ3) is 3.23. The molecule has 1 atom stereocenters. The molecule has 0 fully saturated rings. The van der Waals surface area contributed by atoms with Crippen LogP contribution >= 0.6 is 31.9 Å². The van der Waals surface area contributed by atoms with Crippen molar-refractivity contribution in [1.82, 2.24) is 0 Å². The molecular weight excluding hydrogens is 352 g/mol. The van der Waals surface area contributed by atoms with Gasteiger partial charge in [0.2, 0.25) is 0 Å². The van der Waals surface area contributed by atoms with E-state index < -0.39 is 0 Å². The van der Waals surface area contributed by atoms with E-state index in [1.165, 1.54) is 11.1 Å². The molecule has 2 rings (SSSR count). The Morgan fingerprint density at radius 1 is 1.06 bits per heavy atom. The molecule has 0 aliphatic rings. The van der Waals surface area contributed by atoms with E-state index in [2.05, 4.69) is 68.4 Å². The average Bonchev–Trinajstić information content (AvgIpc) is 2.38. The lowest BCUT2D eigenvalue weighted by Crippen LogP contribution is -1.93. The van der Waals surface area contributed by atoms with Crippen LogP contribution in [-0.2, 0) is 0 Å². The van der Waals surface area contributed by atoms with Gasteiger partial charge in [-0.15, -0.1) is 5.73 Å². The molecule has 0 saturated heterocycles. The minimum absolute atomic E-state index is 0.188. The maximum absolute atomic E-state index is 3.74. The highest BCUT2D eigenvalue weighted by Crippen LogP contribution is 2.33. The van der Waals surface area contributed by atoms with Gasteiger partial charge in [0.1, 0.15) is 0 Å². The molecule has 90 valence electrons. The lowest BCUT2D eigenvalue weighted by atomic mass is 10.0. The van der Waals surface area contributed by atoms with Crippen LogP contribution in [0.25, 0.3) is 6.08 Å². The first-order valence-corrected chi connectivity index (χ1v) is 7.27. The Labute approximate surface area is 124 Å². The van der Waals surface area contributed by atoms with E-state index in [0.29, 0.717) is 0 Å². The van der Waals surface area contributed by atoms with Gasteiger partial charge in [-0.25, -0.2) is 0 Å². The van der Waals surface area contributed by atoms with E-state index in [0.717, 1.165) is 10.0 Å². The molecule has 0 aliphatic heterocycles. The second-order valence-electron chi connectivity index (χ2n) is 3.94. The fourth-order valence-electron chi connectivity index (χ4n) is 1.80. The molecule has 2 aromatic rings. The van der Waals surface area contributed by atoms with Crippen LogP contribution < -0.4 is 0 Å². The number of benzene rings is 2. The van der Waals surface area contributed by atoms with Gasteiger partial charge >= 0.3 is 0 Å². The van der Waals surface area contributed by atoms with E-state index in [4.69, 9.17) is 0 Å². The molecule has 1 unspecified atom stereocenters. The van der Waals surface area contributed by atoms with Crippen LogP contribution in [0, 0.1) is 0 Å². The van der Waals surface area contributed by atoms with E-state index in [-0.39, 0.29) is 4.83 Å². The van der Waals surface area contributed by atoms with Gasteiger partial charge in [0.25, 0.3) is 0 Å². The molecule has 2 aromatic carbocycles. The van der Waals surface area contributed by atoms with Crippen LogP contribution in [-0.4, -0.2) is 0 Å². The van der Waals surface area contributed by atoms with Crippen molar-refractivity contribution in [3.05, 3.63) is 82.0 Å². The van der Waals surface area contributed by atoms with Crippen molar-refractivity contribution in [1.29, 1.82) is 0 Å². The minimum Gasteiger partial charge on any atom is -0.128 e. The van der Waals surface area contributed by atoms with Gasteiger partial charge in [-0.3, -0.25) is 0 Å². The summed E-state index contributed by atoms with van der Waals surface area (Å²) >= 11 is 7.28. The topological polar surface area (TPSA) is 0 Å². The molecule has 2 heteroatoms. The summed E-state index contributed by atoms with van der Waals surface area (Å²) in [6.07, 6.45) is 1.87. The minimum atomic E-state index is 0.188. The molecule has 0 bridgehead atoms. The van der Waals surface area contributed by atoms with Crippen LogP contribution in [0.2, 0.25) is 0 Å². The quantitative estimate of drug-likeness (QED) is 0.482. The van der Waals surface area contributed by atoms with E-state index in [1.807, 2.05) is 30.3 Å². The molecule has 18 heavy (non-hydrogen) atoms. The third-order valence-electron chi connectivity index (χ3n) is 2.60. The number of hydrogen-bond acceptors (Lipinski definition) is 0. The predicted octanol–water partition coefficient (Wildman–Crippen LogP) is 5.73. The third-order valence-corrected chi connectivity index (χ3v) is 4.11. The van der Waals surface area contributed by atoms with Crippen LogP contribution in [0.5, 0.6) is 0 Å². The van der Waals surface area contributed by atoms with E-state index >= 15 is 0 Å². The van der Waals surface area contributed by atoms with Crippen LogP contribution in [0.4, 0.5) is 0 Å². The van der Waals surface area contributed by atoms with Crippen LogP contribution in [0.15, 0.2) is 65.3 Å². The Morgan fingerprint density at radius 2 is 1.78 bits per heavy atom. The van der Waals surface area contributed by atoms with Crippen molar-refractivity contribution in [2.45, 2.75) is 4.83 Å². The van der Waals surface area contributed by atoms with Gasteiger partial charge in [-0.2, -0.15) is 0 Å². The SMILES string of the molecule is C=C=Cc1cc(Br)cc(C(Br)c2ccccc2)c1. The maximum atomic E-state index is 3.74. The zero-order valence-electron chi connectivity index (χ0n) is 9.74. The monoisotopic (exact) mass is 362 g/mol. The highest BCUT2D eigenvalue weighted by atomic mass is 79.9. The number of alkyl halides is 1. The molecule has 0 saturated carbocycles. The Bertz CT molecular complexity index is 581. The summed E-state index contributed by atoms with van der Waals surface area (Å²) in [7, 11) is 0. The largest absolute Gasteiger partial charge is 0.128 e. The van der Waals surface area contributed by atoms with E-state index in [9.17, 15) is 0 Å². The summed E-state index contributed by atoms with van der Waals surface area (Å²) in [6.45, 7) is 3.61. The lowest BCUT2D eigenvalue weighted by Gasteiger charge is -2.12. The Kier molecular flexibility index (Phi) is 4.60. The molecular formula is C16H12Br2. The van der Waals surface area contributed by atoms with Gasteiger partial charge in [0.05, 0.1) is 4.83 Å². The zero-order valence-corrected chi connectivity index (χ0v) is 12.9. The van der Waals surface area contributed by atoms with Gasteiger partial charge in [0, 0.05) is 4.47 Å². The van der Waals surface area contributed by atoms with Gasteiger partial charge in [-0.05, 0) is 41.0 Å². The van der Waals surface area contributed by atoms with Crippen molar-refractivity contribution < 1.29 is 0 Å². The highest BCUT2D eigenvalue weighted by molar-refractivity contribution is 9.10. The molecule has 0 aromatic heterocycles.